The van der Waals surface area contributed by atoms with Gasteiger partial charge in [-0.25, -0.2) is 0 Å². The number of benzene rings is 1. The molecule has 2 bridgehead atoms. The van der Waals surface area contributed by atoms with Gasteiger partial charge in [0.05, 0.1) is 23.6 Å². The molecule has 0 saturated carbocycles. The zero-order valence-corrected chi connectivity index (χ0v) is 14.6. The summed E-state index contributed by atoms with van der Waals surface area (Å²) in [5.74, 6) is 0.765. The number of hydrogen-bond acceptors (Lipinski definition) is 4. The molecule has 5 heteroatoms. The molecule has 1 aromatic heterocycles. The molecule has 5 rings (SSSR count). The molecule has 26 heavy (non-hydrogen) atoms. The molecule has 2 aromatic rings. The molecule has 132 valence electrons. The van der Waals surface area contributed by atoms with Crippen molar-refractivity contribution in [1.29, 1.82) is 0 Å². The number of ether oxygens (including phenoxy) is 1. The first-order valence-corrected chi connectivity index (χ1v) is 9.14. The monoisotopic (exact) mass is 348 g/mol. The minimum Gasteiger partial charge on any atom is -0.484 e. The number of para-hydroxylation sites is 1. The lowest BCUT2D eigenvalue weighted by molar-refractivity contribution is 0.0112. The van der Waals surface area contributed by atoms with Crippen molar-refractivity contribution in [2.24, 2.45) is 0 Å². The van der Waals surface area contributed by atoms with Crippen LogP contribution in [0.5, 0.6) is 5.75 Å². The molecule has 1 amide bonds. The first kappa shape index (κ1) is 15.6. The van der Waals surface area contributed by atoms with Crippen molar-refractivity contribution >= 4 is 11.7 Å². The van der Waals surface area contributed by atoms with Crippen LogP contribution < -0.4 is 4.74 Å². The molecular formula is C21H20N2O3. The van der Waals surface area contributed by atoms with Gasteiger partial charge in [0.2, 0.25) is 0 Å². The summed E-state index contributed by atoms with van der Waals surface area (Å²) in [5, 5.41) is 0. The third-order valence-corrected chi connectivity index (χ3v) is 6.04. The van der Waals surface area contributed by atoms with E-state index in [4.69, 9.17) is 4.74 Å². The van der Waals surface area contributed by atoms with Crippen molar-refractivity contribution in [2.75, 3.05) is 0 Å². The second-order valence-corrected chi connectivity index (χ2v) is 7.61. The Bertz CT molecular complexity index is 908. The topological polar surface area (TPSA) is 59.5 Å². The summed E-state index contributed by atoms with van der Waals surface area (Å²) < 4.78 is 6.39. The number of amides is 1. The van der Waals surface area contributed by atoms with E-state index in [1.54, 1.807) is 6.20 Å². The van der Waals surface area contributed by atoms with E-state index in [1.807, 2.05) is 48.2 Å². The Morgan fingerprint density at radius 1 is 1.23 bits per heavy atom. The maximum atomic E-state index is 13.1. The van der Waals surface area contributed by atoms with Crippen LogP contribution in [0.25, 0.3) is 0 Å². The molecule has 0 N–H and O–H groups in total. The number of carbonyl (C=O) groups is 2. The van der Waals surface area contributed by atoms with Crippen LogP contribution in [0, 0.1) is 6.92 Å². The van der Waals surface area contributed by atoms with E-state index in [2.05, 4.69) is 4.98 Å². The fourth-order valence-corrected chi connectivity index (χ4v) is 4.89. The highest BCUT2D eigenvalue weighted by Crippen LogP contribution is 2.51. The van der Waals surface area contributed by atoms with Crippen LogP contribution in [-0.4, -0.2) is 39.3 Å². The molecule has 2 fully saturated rings. The fourth-order valence-electron chi connectivity index (χ4n) is 4.89. The quantitative estimate of drug-likeness (QED) is 0.794. The molecule has 0 radical (unpaired) electrons. The van der Waals surface area contributed by atoms with Crippen molar-refractivity contribution in [1.82, 2.24) is 9.88 Å². The molecular weight excluding hydrogens is 328 g/mol. The summed E-state index contributed by atoms with van der Waals surface area (Å²) in [6.45, 7) is 1.90. The van der Waals surface area contributed by atoms with E-state index in [9.17, 15) is 9.59 Å². The van der Waals surface area contributed by atoms with Crippen LogP contribution in [0.4, 0.5) is 0 Å². The average molecular weight is 348 g/mol. The van der Waals surface area contributed by atoms with Gasteiger partial charge in [0.25, 0.3) is 5.91 Å². The highest BCUT2D eigenvalue weighted by Gasteiger charge is 2.61. The lowest BCUT2D eigenvalue weighted by Gasteiger charge is -2.40. The zero-order valence-electron chi connectivity index (χ0n) is 14.6. The fraction of sp³-hybridized carbons (Fsp3) is 0.381. The highest BCUT2D eigenvalue weighted by atomic mass is 16.5. The average Bonchev–Trinajstić information content (AvgIpc) is 3.17. The molecule has 3 aliphatic rings. The maximum Gasteiger partial charge on any atom is 0.256 e. The van der Waals surface area contributed by atoms with Gasteiger partial charge in [-0.3, -0.25) is 14.6 Å². The minimum absolute atomic E-state index is 0.00298. The molecule has 0 unspecified atom stereocenters. The van der Waals surface area contributed by atoms with Crippen molar-refractivity contribution in [3.05, 3.63) is 59.4 Å². The molecule has 1 aromatic carbocycles. The standard InChI is InChI=1S/C21H20N2O3/c1-13-6-7-14(12-22-13)20(25)23-15-8-9-19(23)21(10-15)11-17(24)16-4-2-3-5-18(16)26-21/h2-7,12,15,19H,8-11H2,1H3/t15-,19-,21+/m0/s1. The lowest BCUT2D eigenvalue weighted by atomic mass is 9.78. The first-order chi connectivity index (χ1) is 12.6. The predicted molar refractivity (Wildman–Crippen MR) is 95.3 cm³/mol. The maximum absolute atomic E-state index is 13.1. The van der Waals surface area contributed by atoms with Crippen LogP contribution in [0.15, 0.2) is 42.6 Å². The van der Waals surface area contributed by atoms with E-state index in [0.717, 1.165) is 25.0 Å². The van der Waals surface area contributed by atoms with E-state index >= 15 is 0 Å². The van der Waals surface area contributed by atoms with Gasteiger partial charge in [-0.05, 0) is 44.0 Å². The van der Waals surface area contributed by atoms with E-state index in [0.29, 0.717) is 23.3 Å². The van der Waals surface area contributed by atoms with Gasteiger partial charge in [0.15, 0.2) is 5.78 Å². The van der Waals surface area contributed by atoms with Gasteiger partial charge in [0, 0.05) is 24.4 Å². The molecule has 3 aliphatic heterocycles. The Morgan fingerprint density at radius 3 is 2.88 bits per heavy atom. The predicted octanol–water partition coefficient (Wildman–Crippen LogP) is 3.17. The number of ketones is 1. The van der Waals surface area contributed by atoms with E-state index in [-0.39, 0.29) is 23.8 Å². The third kappa shape index (κ3) is 2.13. The van der Waals surface area contributed by atoms with Gasteiger partial charge >= 0.3 is 0 Å². The molecule has 4 heterocycles. The number of carbonyl (C=O) groups excluding carboxylic acids is 2. The number of nitrogens with zero attached hydrogens (tertiary/aromatic N) is 2. The summed E-state index contributed by atoms with van der Waals surface area (Å²) in [4.78, 5) is 32.0. The molecule has 0 aliphatic carbocycles. The normalized spacial score (nSPS) is 29.0. The van der Waals surface area contributed by atoms with E-state index in [1.165, 1.54) is 0 Å². The van der Waals surface area contributed by atoms with Crippen molar-refractivity contribution < 1.29 is 14.3 Å². The van der Waals surface area contributed by atoms with Gasteiger partial charge in [0.1, 0.15) is 11.4 Å². The largest absolute Gasteiger partial charge is 0.484 e. The van der Waals surface area contributed by atoms with E-state index < -0.39 is 5.60 Å². The molecule has 3 atom stereocenters. The highest BCUT2D eigenvalue weighted by molar-refractivity contribution is 6.01. The Morgan fingerprint density at radius 2 is 2.08 bits per heavy atom. The molecule has 5 nitrogen and oxygen atoms in total. The summed E-state index contributed by atoms with van der Waals surface area (Å²) in [6.07, 6.45) is 4.57. The van der Waals surface area contributed by atoms with Gasteiger partial charge < -0.3 is 9.64 Å². The SMILES string of the molecule is Cc1ccc(C(=O)N2[C@H]3CC[C@H]2[C@]2(CC(=O)c4ccccc4O2)C3)cn1. The lowest BCUT2D eigenvalue weighted by Crippen LogP contribution is -2.52. The van der Waals surface area contributed by atoms with Crippen LogP contribution >= 0.6 is 0 Å². The smallest absolute Gasteiger partial charge is 0.256 e. The number of aryl methyl sites for hydroxylation is 1. The second kappa shape index (κ2) is 5.40. The molecule has 1 spiro atoms. The number of rotatable bonds is 1. The minimum atomic E-state index is -0.581. The number of fused-ring (bicyclic) bond motifs is 4. The Balaban J connectivity index is 1.49. The second-order valence-electron chi connectivity index (χ2n) is 7.61. The number of Topliss-reactive ketones (excluding diaryl/α,β-unsaturated/α-hetero) is 1. The van der Waals surface area contributed by atoms with Gasteiger partial charge in [-0.15, -0.1) is 0 Å². The van der Waals surface area contributed by atoms with Crippen LogP contribution in [0.2, 0.25) is 0 Å². The van der Waals surface area contributed by atoms with Gasteiger partial charge in [-0.1, -0.05) is 12.1 Å². The summed E-state index contributed by atoms with van der Waals surface area (Å²) in [6, 6.07) is 11.2. The van der Waals surface area contributed by atoms with Crippen LogP contribution in [0.3, 0.4) is 0 Å². The summed E-state index contributed by atoms with van der Waals surface area (Å²) in [7, 11) is 0. The first-order valence-electron chi connectivity index (χ1n) is 9.14. The third-order valence-electron chi connectivity index (χ3n) is 6.04. The Labute approximate surface area is 152 Å². The number of hydrogen-bond donors (Lipinski definition) is 0. The van der Waals surface area contributed by atoms with Crippen LogP contribution in [0.1, 0.15) is 52.1 Å². The van der Waals surface area contributed by atoms with Crippen molar-refractivity contribution in [2.45, 2.75) is 50.3 Å². The van der Waals surface area contributed by atoms with Crippen molar-refractivity contribution in [3.63, 3.8) is 0 Å². The summed E-state index contributed by atoms with van der Waals surface area (Å²) in [5.41, 5.74) is 1.57. The summed E-state index contributed by atoms with van der Waals surface area (Å²) >= 11 is 0. The van der Waals surface area contributed by atoms with Crippen molar-refractivity contribution in [3.8, 4) is 5.75 Å². The number of pyridine rings is 1. The number of aromatic nitrogens is 1. The van der Waals surface area contributed by atoms with Gasteiger partial charge in [-0.2, -0.15) is 0 Å². The zero-order chi connectivity index (χ0) is 17.9. The Kier molecular flexibility index (Phi) is 3.23. The Hall–Kier alpha value is -2.69. The molecule has 2 saturated heterocycles. The van der Waals surface area contributed by atoms with Crippen LogP contribution in [-0.2, 0) is 0 Å².